The van der Waals surface area contributed by atoms with Gasteiger partial charge in [-0.15, -0.1) is 0 Å². The summed E-state index contributed by atoms with van der Waals surface area (Å²) in [6.07, 6.45) is 14.4. The molecule has 0 aliphatic carbocycles. The lowest BCUT2D eigenvalue weighted by Gasteiger charge is -2.12. The first-order chi connectivity index (χ1) is 15.4. The zero-order valence-corrected chi connectivity index (χ0v) is 18.8. The Balaban J connectivity index is 2.07. The number of imidazole rings is 1. The molecule has 0 fully saturated rings. The van der Waals surface area contributed by atoms with Crippen LogP contribution in [0.2, 0.25) is 0 Å². The zero-order chi connectivity index (χ0) is 23.3. The van der Waals surface area contributed by atoms with E-state index in [9.17, 15) is 0 Å². The molecule has 0 atom stereocenters. The third-order valence-electron chi connectivity index (χ3n) is 5.08. The molecule has 0 unspecified atom stereocenters. The third-order valence-corrected chi connectivity index (χ3v) is 5.08. The molecule has 0 saturated carbocycles. The fourth-order valence-electron chi connectivity index (χ4n) is 3.32. The smallest absolute Gasteiger partial charge is 0.147 e. The van der Waals surface area contributed by atoms with Crippen LogP contribution >= 0.6 is 0 Å². The highest BCUT2D eigenvalue weighted by atomic mass is 15.1. The fourth-order valence-corrected chi connectivity index (χ4v) is 3.32. The number of aromatic nitrogens is 4. The Morgan fingerprint density at radius 2 is 2.00 bits per heavy atom. The summed E-state index contributed by atoms with van der Waals surface area (Å²) in [7, 11) is 0. The Kier molecular flexibility index (Phi) is 6.85. The van der Waals surface area contributed by atoms with Gasteiger partial charge in [0, 0.05) is 52.7 Å². The lowest BCUT2D eigenvalue weighted by molar-refractivity contribution is 1.01. The van der Waals surface area contributed by atoms with Crippen LogP contribution in [-0.4, -0.2) is 25.7 Å². The molecule has 0 amide bonds. The van der Waals surface area contributed by atoms with Gasteiger partial charge < -0.3 is 10.7 Å². The van der Waals surface area contributed by atoms with Crippen LogP contribution in [0.5, 0.6) is 0 Å². The first-order valence-corrected chi connectivity index (χ1v) is 10.2. The van der Waals surface area contributed by atoms with E-state index in [-0.39, 0.29) is 0 Å². The Morgan fingerprint density at radius 3 is 2.62 bits per heavy atom. The molecule has 0 radical (unpaired) electrons. The number of allylic oxidation sites excluding steroid dienone is 6. The van der Waals surface area contributed by atoms with Crippen LogP contribution in [-0.2, 0) is 0 Å². The molecule has 0 spiro atoms. The first kappa shape index (κ1) is 22.5. The number of nitrogens with two attached hydrogens (primary N) is 1. The predicted molar refractivity (Wildman–Crippen MR) is 135 cm³/mol. The second kappa shape index (κ2) is 9.75. The molecular formula is C26H28N6. The van der Waals surface area contributed by atoms with Crippen molar-refractivity contribution < 1.29 is 0 Å². The van der Waals surface area contributed by atoms with Crippen LogP contribution in [0.3, 0.4) is 0 Å². The average molecular weight is 425 g/mol. The number of aromatic amines is 1. The molecule has 0 aliphatic heterocycles. The molecule has 0 saturated heterocycles. The summed E-state index contributed by atoms with van der Waals surface area (Å²) in [5.74, 6) is 0.796. The lowest BCUT2D eigenvalue weighted by atomic mass is 9.96. The first-order valence-electron chi connectivity index (χ1n) is 10.2. The van der Waals surface area contributed by atoms with Gasteiger partial charge in [0.15, 0.2) is 0 Å². The quantitative estimate of drug-likeness (QED) is 0.366. The maximum atomic E-state index is 6.35. The summed E-state index contributed by atoms with van der Waals surface area (Å²) in [5.41, 5.74) is 12.8. The number of hydrogen-bond acceptors (Lipinski definition) is 4. The minimum absolute atomic E-state index is 0.606. The van der Waals surface area contributed by atoms with Crippen molar-refractivity contribution in [3.8, 4) is 5.82 Å². The molecule has 32 heavy (non-hydrogen) atoms. The highest BCUT2D eigenvalue weighted by molar-refractivity contribution is 5.93. The van der Waals surface area contributed by atoms with Crippen molar-refractivity contribution in [1.29, 1.82) is 0 Å². The van der Waals surface area contributed by atoms with Crippen LogP contribution in [0.1, 0.15) is 25.2 Å². The molecule has 0 aliphatic rings. The fraction of sp³-hybridized carbons (Fsp3) is 0.115. The van der Waals surface area contributed by atoms with Crippen LogP contribution in [0.4, 0.5) is 0 Å². The van der Waals surface area contributed by atoms with Crippen LogP contribution in [0, 0.1) is 6.92 Å². The molecule has 3 heterocycles. The van der Waals surface area contributed by atoms with E-state index in [1.54, 1.807) is 18.7 Å². The van der Waals surface area contributed by atoms with E-state index in [0.29, 0.717) is 5.70 Å². The van der Waals surface area contributed by atoms with E-state index in [4.69, 9.17) is 5.73 Å². The van der Waals surface area contributed by atoms with Crippen LogP contribution in [0.15, 0.2) is 102 Å². The van der Waals surface area contributed by atoms with Crippen molar-refractivity contribution in [2.24, 2.45) is 10.7 Å². The average Bonchev–Trinajstić information content (AvgIpc) is 3.43. The monoisotopic (exact) mass is 424 g/mol. The van der Waals surface area contributed by atoms with Gasteiger partial charge in [-0.25, -0.2) is 9.97 Å². The van der Waals surface area contributed by atoms with Crippen LogP contribution in [0.25, 0.3) is 22.3 Å². The van der Waals surface area contributed by atoms with Crippen molar-refractivity contribution in [2.75, 3.05) is 0 Å². The molecule has 3 aromatic heterocycles. The molecule has 0 bridgehead atoms. The number of fused-ring (bicyclic) bond motifs is 1. The summed E-state index contributed by atoms with van der Waals surface area (Å²) in [5, 5.41) is 0.963. The topological polar surface area (TPSA) is 84.9 Å². The molecule has 6 heteroatoms. The highest BCUT2D eigenvalue weighted by Crippen LogP contribution is 2.30. The molecule has 3 aromatic rings. The van der Waals surface area contributed by atoms with Gasteiger partial charge in [-0.3, -0.25) is 9.56 Å². The molecule has 162 valence electrons. The highest BCUT2D eigenvalue weighted by Gasteiger charge is 2.15. The van der Waals surface area contributed by atoms with E-state index in [1.807, 2.05) is 61.9 Å². The van der Waals surface area contributed by atoms with Crippen molar-refractivity contribution in [3.63, 3.8) is 0 Å². The van der Waals surface area contributed by atoms with E-state index in [0.717, 1.165) is 50.4 Å². The molecule has 0 aromatic carbocycles. The summed E-state index contributed by atoms with van der Waals surface area (Å²) in [6.45, 7) is 17.9. The van der Waals surface area contributed by atoms with E-state index >= 15 is 0 Å². The van der Waals surface area contributed by atoms with E-state index < -0.39 is 0 Å². The molecule has 3 N–H and O–H groups in total. The largest absolute Gasteiger partial charge is 0.398 e. The normalized spacial score (nSPS) is 13.2. The lowest BCUT2D eigenvalue weighted by Crippen LogP contribution is -2.04. The van der Waals surface area contributed by atoms with Gasteiger partial charge in [-0.1, -0.05) is 31.9 Å². The predicted octanol–water partition coefficient (Wildman–Crippen LogP) is 5.58. The Morgan fingerprint density at radius 1 is 1.22 bits per heavy atom. The number of hydrogen-bond donors (Lipinski definition) is 2. The van der Waals surface area contributed by atoms with Gasteiger partial charge >= 0.3 is 0 Å². The standard InChI is InChI=1S/C26H28N6/c1-7-20(14-28-9-3)17(4)12-21(23(27)8-2)19(6)25-13-22-24(31-25)10-11-29-26(22)32-15-18(5)30-16-32/h7-16,31H,3-4,6,27H2,1-2,5H3/b20-7+,21-12-,23-8+,28-14?. The number of pyridine rings is 1. The summed E-state index contributed by atoms with van der Waals surface area (Å²) < 4.78 is 1.91. The Hall–Kier alpha value is -4.19. The van der Waals surface area contributed by atoms with Crippen molar-refractivity contribution >= 4 is 22.7 Å². The third kappa shape index (κ3) is 4.59. The summed E-state index contributed by atoms with van der Waals surface area (Å²) in [4.78, 5) is 16.4. The van der Waals surface area contributed by atoms with Gasteiger partial charge in [-0.05, 0) is 50.1 Å². The molecule has 6 nitrogen and oxygen atoms in total. The second-order valence-corrected chi connectivity index (χ2v) is 7.21. The minimum Gasteiger partial charge on any atom is -0.398 e. The zero-order valence-electron chi connectivity index (χ0n) is 18.8. The molecule has 3 rings (SSSR count). The minimum atomic E-state index is 0.606. The maximum Gasteiger partial charge on any atom is 0.147 e. The maximum absolute atomic E-state index is 6.35. The van der Waals surface area contributed by atoms with E-state index in [2.05, 4.69) is 39.7 Å². The Labute approximate surface area is 188 Å². The number of rotatable bonds is 8. The SMILES string of the molecule is C=CN=C/C(=C\C)C(=C)/C=C(C(=C)c1cc2c(-n3cnc(C)c3)nccc2[nH]1)\C(N)=C/C. The molecular weight excluding hydrogens is 396 g/mol. The van der Waals surface area contributed by atoms with Crippen LogP contribution < -0.4 is 5.73 Å². The van der Waals surface area contributed by atoms with Crippen molar-refractivity contribution in [2.45, 2.75) is 20.8 Å². The number of nitrogens with one attached hydrogen (secondary N) is 1. The van der Waals surface area contributed by atoms with E-state index in [1.165, 1.54) is 6.20 Å². The van der Waals surface area contributed by atoms with Gasteiger partial charge in [0.05, 0.1) is 11.2 Å². The van der Waals surface area contributed by atoms with Crippen molar-refractivity contribution in [1.82, 2.24) is 19.5 Å². The van der Waals surface area contributed by atoms with Gasteiger partial charge in [-0.2, -0.15) is 0 Å². The van der Waals surface area contributed by atoms with Gasteiger partial charge in [0.1, 0.15) is 12.1 Å². The number of aryl methyl sites for hydroxylation is 1. The number of H-pyrrole nitrogens is 1. The summed E-state index contributed by atoms with van der Waals surface area (Å²) in [6, 6.07) is 3.97. The van der Waals surface area contributed by atoms with Gasteiger partial charge in [0.2, 0.25) is 0 Å². The second-order valence-electron chi connectivity index (χ2n) is 7.21. The summed E-state index contributed by atoms with van der Waals surface area (Å²) >= 11 is 0. The van der Waals surface area contributed by atoms with Gasteiger partial charge in [0.25, 0.3) is 0 Å². The van der Waals surface area contributed by atoms with Crippen molar-refractivity contribution in [3.05, 3.63) is 109 Å². The number of nitrogens with zero attached hydrogens (tertiary/aromatic N) is 4. The Bertz CT molecular complexity index is 1310. The number of aliphatic imine (C=N–C) groups is 1.